The van der Waals surface area contributed by atoms with Gasteiger partial charge in [0.1, 0.15) is 36.6 Å². The summed E-state index contributed by atoms with van der Waals surface area (Å²) in [7, 11) is 0. The largest absolute Gasteiger partial charge is 0.394 e. The van der Waals surface area contributed by atoms with Crippen LogP contribution in [0, 0.1) is 0 Å². The molecule has 0 aromatic carbocycles. The van der Waals surface area contributed by atoms with Gasteiger partial charge in [0.05, 0.1) is 25.4 Å². The predicted molar refractivity (Wildman–Crippen MR) is 201 cm³/mol. The van der Waals surface area contributed by atoms with Crippen LogP contribution in [0.2, 0.25) is 0 Å². The summed E-state index contributed by atoms with van der Waals surface area (Å²) in [5.74, 6) is -0.719. The van der Waals surface area contributed by atoms with Crippen LogP contribution in [-0.2, 0) is 14.3 Å². The molecule has 1 aliphatic rings. The number of amides is 1. The Balaban J connectivity index is 2.60. The lowest BCUT2D eigenvalue weighted by atomic mass is 9.98. The number of ether oxygens (including phenoxy) is 2. The van der Waals surface area contributed by atoms with Crippen LogP contribution in [0.25, 0.3) is 0 Å². The normalized spacial score (nSPS) is 23.7. The van der Waals surface area contributed by atoms with Gasteiger partial charge in [-0.05, 0) is 57.8 Å². The number of allylic oxidation sites excluding steroid dienone is 6. The summed E-state index contributed by atoms with van der Waals surface area (Å²) in [6.45, 7) is 3.30. The first-order valence-corrected chi connectivity index (χ1v) is 19.9. The summed E-state index contributed by atoms with van der Waals surface area (Å²) in [5, 5.41) is 75.1. The van der Waals surface area contributed by atoms with Crippen molar-refractivity contribution in [3.05, 3.63) is 36.5 Å². The molecule has 9 unspecified atom stereocenters. The number of hydrogen-bond donors (Lipinski definition) is 8. The standard InChI is InChI=1S/C40H73NO10/c1-3-5-7-9-11-13-14-15-16-17-18-20-21-23-25-27-32(43)35(45)31(30-50-40-38(48)37(47)36(46)34(29-42)51-40)41-39(49)33(44)28-26-24-22-19-12-10-8-6-4-2/h9,11,15-16,20-21,31-38,40,42-48H,3-8,10,12-14,17-19,22-30H2,1-2H3,(H,41,49)/b11-9+,16-15+,21-20+. The topological polar surface area (TPSA) is 189 Å². The first kappa shape index (κ1) is 47.4. The van der Waals surface area contributed by atoms with Gasteiger partial charge in [-0.3, -0.25) is 4.79 Å². The van der Waals surface area contributed by atoms with Gasteiger partial charge >= 0.3 is 0 Å². The van der Waals surface area contributed by atoms with Gasteiger partial charge in [-0.1, -0.05) is 121 Å². The summed E-state index contributed by atoms with van der Waals surface area (Å²) >= 11 is 0. The van der Waals surface area contributed by atoms with Crippen molar-refractivity contribution in [2.45, 2.75) is 197 Å². The number of carbonyl (C=O) groups is 1. The molecule has 1 rings (SSSR count). The van der Waals surface area contributed by atoms with Gasteiger partial charge in [0, 0.05) is 0 Å². The molecule has 0 aromatic rings. The molecule has 0 spiro atoms. The summed E-state index contributed by atoms with van der Waals surface area (Å²) in [6, 6.07) is -1.19. The molecule has 1 amide bonds. The van der Waals surface area contributed by atoms with Gasteiger partial charge in [-0.25, -0.2) is 0 Å². The molecule has 51 heavy (non-hydrogen) atoms. The van der Waals surface area contributed by atoms with Gasteiger partial charge < -0.3 is 50.5 Å². The second-order valence-corrected chi connectivity index (χ2v) is 14.0. The van der Waals surface area contributed by atoms with E-state index in [0.717, 1.165) is 51.4 Å². The maximum Gasteiger partial charge on any atom is 0.249 e. The number of carbonyl (C=O) groups excluding carboxylic acids is 1. The van der Waals surface area contributed by atoms with Crippen LogP contribution >= 0.6 is 0 Å². The van der Waals surface area contributed by atoms with Gasteiger partial charge in [0.25, 0.3) is 0 Å². The van der Waals surface area contributed by atoms with Gasteiger partial charge in [-0.15, -0.1) is 0 Å². The zero-order valence-corrected chi connectivity index (χ0v) is 31.6. The number of aliphatic hydroxyl groups excluding tert-OH is 7. The first-order chi connectivity index (χ1) is 24.7. The van der Waals surface area contributed by atoms with E-state index in [-0.39, 0.29) is 12.8 Å². The number of rotatable bonds is 31. The van der Waals surface area contributed by atoms with E-state index in [2.05, 4.69) is 49.5 Å². The molecular formula is C40H73NO10. The Kier molecular flexibility index (Phi) is 28.6. The molecule has 0 aliphatic carbocycles. The maximum absolute atomic E-state index is 13.0. The van der Waals surface area contributed by atoms with E-state index in [1.165, 1.54) is 44.9 Å². The van der Waals surface area contributed by atoms with E-state index in [1.807, 2.05) is 6.08 Å². The van der Waals surface area contributed by atoms with E-state index >= 15 is 0 Å². The Morgan fingerprint density at radius 2 is 1.18 bits per heavy atom. The molecule has 298 valence electrons. The summed E-state index contributed by atoms with van der Waals surface area (Å²) in [6.07, 6.45) is 20.7. The van der Waals surface area contributed by atoms with Crippen molar-refractivity contribution in [2.24, 2.45) is 0 Å². The van der Waals surface area contributed by atoms with Crippen LogP contribution in [0.1, 0.15) is 142 Å². The number of aliphatic hydroxyl groups is 7. The van der Waals surface area contributed by atoms with Crippen LogP contribution in [0.4, 0.5) is 0 Å². The molecular weight excluding hydrogens is 654 g/mol. The average Bonchev–Trinajstić information content (AvgIpc) is 3.13. The van der Waals surface area contributed by atoms with Crippen LogP contribution < -0.4 is 5.32 Å². The molecule has 0 bridgehead atoms. The van der Waals surface area contributed by atoms with Crippen molar-refractivity contribution in [3.8, 4) is 0 Å². The molecule has 0 aromatic heterocycles. The number of nitrogens with one attached hydrogen (secondary N) is 1. The van der Waals surface area contributed by atoms with Crippen molar-refractivity contribution in [1.29, 1.82) is 0 Å². The quantitative estimate of drug-likeness (QED) is 0.0361. The highest BCUT2D eigenvalue weighted by Crippen LogP contribution is 2.23. The fourth-order valence-electron chi connectivity index (χ4n) is 5.99. The molecule has 1 fully saturated rings. The first-order valence-electron chi connectivity index (χ1n) is 19.9. The summed E-state index contributed by atoms with van der Waals surface area (Å²) in [4.78, 5) is 13.0. The van der Waals surface area contributed by atoms with E-state index in [0.29, 0.717) is 19.3 Å². The highest BCUT2D eigenvalue weighted by molar-refractivity contribution is 5.80. The Labute approximate surface area is 307 Å². The summed E-state index contributed by atoms with van der Waals surface area (Å²) in [5.41, 5.74) is 0. The SMILES string of the molecule is CCCC/C=C/CC/C=C/CC/C=C/CCCC(O)C(O)C(COC1OC(CO)C(O)C(O)C1O)NC(=O)C(O)CCCCCCCCCCC. The number of unbranched alkanes of at least 4 members (excludes halogenated alkanes) is 13. The van der Waals surface area contributed by atoms with E-state index < -0.39 is 74.2 Å². The van der Waals surface area contributed by atoms with Crippen molar-refractivity contribution in [1.82, 2.24) is 5.32 Å². The maximum atomic E-state index is 13.0. The Hall–Kier alpha value is -1.67. The minimum atomic E-state index is -1.67. The Bertz CT molecular complexity index is 929. The minimum Gasteiger partial charge on any atom is -0.394 e. The minimum absolute atomic E-state index is 0.241. The smallest absolute Gasteiger partial charge is 0.249 e. The lowest BCUT2D eigenvalue weighted by Crippen LogP contribution is -2.60. The van der Waals surface area contributed by atoms with Crippen molar-refractivity contribution >= 4 is 5.91 Å². The van der Waals surface area contributed by atoms with E-state index in [4.69, 9.17) is 9.47 Å². The third-order valence-corrected chi connectivity index (χ3v) is 9.40. The van der Waals surface area contributed by atoms with Crippen molar-refractivity contribution < 1.29 is 50.0 Å². The van der Waals surface area contributed by atoms with Crippen LogP contribution in [0.3, 0.4) is 0 Å². The Morgan fingerprint density at radius 1 is 0.667 bits per heavy atom. The Morgan fingerprint density at radius 3 is 1.73 bits per heavy atom. The van der Waals surface area contributed by atoms with E-state index in [1.54, 1.807) is 0 Å². The highest BCUT2D eigenvalue weighted by Gasteiger charge is 2.44. The molecule has 8 N–H and O–H groups in total. The van der Waals surface area contributed by atoms with Crippen LogP contribution in [-0.4, -0.2) is 110 Å². The molecule has 1 heterocycles. The van der Waals surface area contributed by atoms with Gasteiger partial charge in [0.15, 0.2) is 6.29 Å². The molecule has 0 radical (unpaired) electrons. The van der Waals surface area contributed by atoms with Crippen LogP contribution in [0.5, 0.6) is 0 Å². The third-order valence-electron chi connectivity index (χ3n) is 9.40. The highest BCUT2D eigenvalue weighted by atomic mass is 16.7. The molecule has 1 aliphatic heterocycles. The second-order valence-electron chi connectivity index (χ2n) is 14.0. The monoisotopic (exact) mass is 728 g/mol. The van der Waals surface area contributed by atoms with Crippen LogP contribution in [0.15, 0.2) is 36.5 Å². The van der Waals surface area contributed by atoms with Crippen molar-refractivity contribution in [2.75, 3.05) is 13.2 Å². The fourth-order valence-corrected chi connectivity index (χ4v) is 5.99. The van der Waals surface area contributed by atoms with Gasteiger partial charge in [-0.2, -0.15) is 0 Å². The fraction of sp³-hybridized carbons (Fsp3) is 0.825. The summed E-state index contributed by atoms with van der Waals surface area (Å²) < 4.78 is 11.0. The molecule has 1 saturated heterocycles. The zero-order valence-electron chi connectivity index (χ0n) is 31.6. The lowest BCUT2D eigenvalue weighted by molar-refractivity contribution is -0.303. The molecule has 0 saturated carbocycles. The third kappa shape index (κ3) is 21.6. The van der Waals surface area contributed by atoms with Crippen molar-refractivity contribution in [3.63, 3.8) is 0 Å². The van der Waals surface area contributed by atoms with E-state index in [9.17, 15) is 40.5 Å². The second kappa shape index (κ2) is 30.8. The zero-order chi connectivity index (χ0) is 37.7. The predicted octanol–water partition coefficient (Wildman–Crippen LogP) is 4.88. The molecule has 11 heteroatoms. The van der Waals surface area contributed by atoms with Gasteiger partial charge in [0.2, 0.25) is 5.91 Å². The lowest BCUT2D eigenvalue weighted by Gasteiger charge is -2.40. The molecule has 9 atom stereocenters. The molecule has 11 nitrogen and oxygen atoms in total. The average molecular weight is 728 g/mol. The number of hydrogen-bond acceptors (Lipinski definition) is 10.